The molecule has 2 aromatic heterocycles. The summed E-state index contributed by atoms with van der Waals surface area (Å²) in [4.78, 5) is 4.30. The van der Waals surface area contributed by atoms with Crippen LogP contribution in [0.3, 0.4) is 0 Å². The number of hydrogen-bond acceptors (Lipinski definition) is 4. The van der Waals surface area contributed by atoms with E-state index in [-0.39, 0.29) is 5.92 Å². The Bertz CT molecular complexity index is 1270. The zero-order valence-corrected chi connectivity index (χ0v) is 18.8. The van der Waals surface area contributed by atoms with E-state index >= 15 is 0 Å². The standard InChI is InChI=1S/C25H24ClN5O/c1-17-15-30(16-27-17)22-11-5-18(14-23(22)32-2)6-12-24-28-29-25-21(4-3-13-31(24)25)19-7-9-20(26)10-8-19/h5-12,14-16,21H,3-4,13H2,1-2H3/b12-6+/t21-/m0/s1. The van der Waals surface area contributed by atoms with Gasteiger partial charge in [0.05, 0.1) is 24.8 Å². The highest BCUT2D eigenvalue weighted by atomic mass is 35.5. The third kappa shape index (κ3) is 3.94. The Morgan fingerprint density at radius 3 is 2.69 bits per heavy atom. The summed E-state index contributed by atoms with van der Waals surface area (Å²) in [6.45, 7) is 2.89. The van der Waals surface area contributed by atoms with Crippen LogP contribution in [0.5, 0.6) is 5.75 Å². The Hall–Kier alpha value is -3.38. The Kier molecular flexibility index (Phi) is 5.53. The lowest BCUT2D eigenvalue weighted by Crippen LogP contribution is -2.17. The quantitative estimate of drug-likeness (QED) is 0.405. The molecule has 1 aliphatic heterocycles. The summed E-state index contributed by atoms with van der Waals surface area (Å²) >= 11 is 6.07. The lowest BCUT2D eigenvalue weighted by molar-refractivity contribution is 0.413. The number of ether oxygens (including phenoxy) is 1. The lowest BCUT2D eigenvalue weighted by Gasteiger charge is -2.23. The van der Waals surface area contributed by atoms with Crippen molar-refractivity contribution in [2.45, 2.75) is 32.2 Å². The van der Waals surface area contributed by atoms with Crippen LogP contribution >= 0.6 is 11.6 Å². The van der Waals surface area contributed by atoms with E-state index in [9.17, 15) is 0 Å². The van der Waals surface area contributed by atoms with Crippen molar-refractivity contribution in [3.8, 4) is 11.4 Å². The number of halogens is 1. The summed E-state index contributed by atoms with van der Waals surface area (Å²) < 4.78 is 9.81. The second kappa shape index (κ2) is 8.63. The summed E-state index contributed by atoms with van der Waals surface area (Å²) in [7, 11) is 1.68. The van der Waals surface area contributed by atoms with Gasteiger partial charge in [0.1, 0.15) is 11.6 Å². The van der Waals surface area contributed by atoms with Crippen molar-refractivity contribution in [3.63, 3.8) is 0 Å². The van der Waals surface area contributed by atoms with Crippen LogP contribution in [0.2, 0.25) is 5.02 Å². The summed E-state index contributed by atoms with van der Waals surface area (Å²) in [5.74, 6) is 2.91. The van der Waals surface area contributed by atoms with E-state index in [0.717, 1.165) is 58.8 Å². The first-order chi connectivity index (χ1) is 15.6. The normalized spacial score (nSPS) is 15.8. The highest BCUT2D eigenvalue weighted by Crippen LogP contribution is 2.33. The average Bonchev–Trinajstić information content (AvgIpc) is 3.44. The van der Waals surface area contributed by atoms with Crippen molar-refractivity contribution in [1.82, 2.24) is 24.3 Å². The fourth-order valence-corrected chi connectivity index (χ4v) is 4.39. The van der Waals surface area contributed by atoms with Crippen LogP contribution in [0.4, 0.5) is 0 Å². The van der Waals surface area contributed by atoms with Gasteiger partial charge in [0.2, 0.25) is 0 Å². The molecule has 0 saturated heterocycles. The molecule has 32 heavy (non-hydrogen) atoms. The molecule has 0 spiro atoms. The minimum absolute atomic E-state index is 0.244. The van der Waals surface area contributed by atoms with Gasteiger partial charge in [0.25, 0.3) is 0 Å². The number of fused-ring (bicyclic) bond motifs is 1. The van der Waals surface area contributed by atoms with E-state index < -0.39 is 0 Å². The molecular weight excluding hydrogens is 422 g/mol. The Morgan fingerprint density at radius 1 is 1.09 bits per heavy atom. The van der Waals surface area contributed by atoms with Gasteiger partial charge in [-0.1, -0.05) is 35.9 Å². The van der Waals surface area contributed by atoms with Gasteiger partial charge in [-0.25, -0.2) is 4.98 Å². The van der Waals surface area contributed by atoms with Gasteiger partial charge in [-0.2, -0.15) is 0 Å². The van der Waals surface area contributed by atoms with E-state index in [0.29, 0.717) is 0 Å². The topological polar surface area (TPSA) is 57.8 Å². The first kappa shape index (κ1) is 20.5. The minimum Gasteiger partial charge on any atom is -0.495 e. The summed E-state index contributed by atoms with van der Waals surface area (Å²) in [5.41, 5.74) is 4.18. The number of aromatic nitrogens is 5. The van der Waals surface area contributed by atoms with Gasteiger partial charge in [-0.05, 0) is 61.2 Å². The molecule has 0 amide bonds. The van der Waals surface area contributed by atoms with E-state index in [4.69, 9.17) is 16.3 Å². The van der Waals surface area contributed by atoms with Crippen molar-refractivity contribution < 1.29 is 4.74 Å². The molecule has 0 fully saturated rings. The second-order valence-electron chi connectivity index (χ2n) is 8.00. The van der Waals surface area contributed by atoms with Gasteiger partial charge in [0.15, 0.2) is 5.82 Å². The summed E-state index contributed by atoms with van der Waals surface area (Å²) in [5, 5.41) is 9.76. The predicted molar refractivity (Wildman–Crippen MR) is 126 cm³/mol. The molecule has 2 aromatic carbocycles. The smallest absolute Gasteiger partial charge is 0.156 e. The second-order valence-corrected chi connectivity index (χ2v) is 8.44. The number of imidazole rings is 1. The zero-order chi connectivity index (χ0) is 22.1. The van der Waals surface area contributed by atoms with Crippen LogP contribution in [0.1, 0.15) is 47.2 Å². The van der Waals surface area contributed by atoms with Crippen LogP contribution in [0, 0.1) is 6.92 Å². The molecule has 0 bridgehead atoms. The molecule has 1 atom stereocenters. The SMILES string of the molecule is COc1cc(/C=C/c2nnc3n2CCC[C@H]3c2ccc(Cl)cc2)ccc1-n1cnc(C)c1. The van der Waals surface area contributed by atoms with Gasteiger partial charge in [-0.15, -0.1) is 10.2 Å². The number of methoxy groups -OCH3 is 1. The van der Waals surface area contributed by atoms with Gasteiger partial charge >= 0.3 is 0 Å². The lowest BCUT2D eigenvalue weighted by atomic mass is 9.91. The molecule has 0 N–H and O–H groups in total. The zero-order valence-electron chi connectivity index (χ0n) is 18.1. The molecule has 5 rings (SSSR count). The number of aryl methyl sites for hydroxylation is 1. The molecule has 0 radical (unpaired) electrons. The van der Waals surface area contributed by atoms with E-state index in [1.165, 1.54) is 5.56 Å². The van der Waals surface area contributed by atoms with Gasteiger partial charge in [-0.3, -0.25) is 0 Å². The van der Waals surface area contributed by atoms with Crippen molar-refractivity contribution in [2.24, 2.45) is 0 Å². The molecule has 0 unspecified atom stereocenters. The molecule has 7 heteroatoms. The molecule has 4 aromatic rings. The first-order valence-electron chi connectivity index (χ1n) is 10.7. The molecule has 1 aliphatic rings. The van der Waals surface area contributed by atoms with E-state index in [2.05, 4.69) is 44.0 Å². The fourth-order valence-electron chi connectivity index (χ4n) is 4.27. The van der Waals surface area contributed by atoms with Crippen LogP contribution < -0.4 is 4.74 Å². The molecule has 3 heterocycles. The summed E-state index contributed by atoms with van der Waals surface area (Å²) in [6.07, 6.45) is 10.0. The maximum Gasteiger partial charge on any atom is 0.156 e. The highest BCUT2D eigenvalue weighted by Gasteiger charge is 2.25. The molecule has 6 nitrogen and oxygen atoms in total. The fraction of sp³-hybridized carbons (Fsp3) is 0.240. The van der Waals surface area contributed by atoms with Crippen LogP contribution in [-0.2, 0) is 6.54 Å². The van der Waals surface area contributed by atoms with E-state index in [1.54, 1.807) is 13.4 Å². The van der Waals surface area contributed by atoms with Crippen LogP contribution in [0.15, 0.2) is 55.0 Å². The first-order valence-corrected chi connectivity index (χ1v) is 11.1. The molecule has 0 saturated carbocycles. The van der Waals surface area contributed by atoms with Crippen molar-refractivity contribution in [1.29, 1.82) is 0 Å². The van der Waals surface area contributed by atoms with Crippen molar-refractivity contribution in [3.05, 3.63) is 88.5 Å². The third-order valence-electron chi connectivity index (χ3n) is 5.89. The van der Waals surface area contributed by atoms with Gasteiger partial charge in [0, 0.05) is 23.7 Å². The maximum absolute atomic E-state index is 6.07. The minimum atomic E-state index is 0.244. The Balaban J connectivity index is 1.41. The molecular formula is C25H24ClN5O. The predicted octanol–water partition coefficient (Wildman–Crippen LogP) is 5.53. The monoisotopic (exact) mass is 445 g/mol. The Labute approximate surface area is 192 Å². The molecule has 0 aliphatic carbocycles. The number of rotatable bonds is 5. The number of nitrogens with zero attached hydrogens (tertiary/aromatic N) is 5. The van der Waals surface area contributed by atoms with Crippen LogP contribution in [-0.4, -0.2) is 31.4 Å². The maximum atomic E-state index is 6.07. The Morgan fingerprint density at radius 2 is 1.94 bits per heavy atom. The largest absolute Gasteiger partial charge is 0.495 e. The van der Waals surface area contributed by atoms with Crippen molar-refractivity contribution >= 4 is 23.8 Å². The number of hydrogen-bond donors (Lipinski definition) is 0. The van der Waals surface area contributed by atoms with Crippen molar-refractivity contribution in [2.75, 3.05) is 7.11 Å². The number of benzene rings is 2. The van der Waals surface area contributed by atoms with E-state index in [1.807, 2.05) is 48.0 Å². The van der Waals surface area contributed by atoms with Gasteiger partial charge < -0.3 is 13.9 Å². The highest BCUT2D eigenvalue weighted by molar-refractivity contribution is 6.30. The van der Waals surface area contributed by atoms with Crippen LogP contribution in [0.25, 0.3) is 17.8 Å². The summed E-state index contributed by atoms with van der Waals surface area (Å²) in [6, 6.07) is 14.2. The average molecular weight is 446 g/mol. The third-order valence-corrected chi connectivity index (χ3v) is 6.14. The molecule has 162 valence electrons.